The van der Waals surface area contributed by atoms with Crippen LogP contribution in [-0.2, 0) is 0 Å². The number of fused-ring (bicyclic) bond motifs is 1. The van der Waals surface area contributed by atoms with Crippen LogP contribution in [0.4, 0.5) is 0 Å². The van der Waals surface area contributed by atoms with Crippen LogP contribution in [-0.4, -0.2) is 0 Å². The first kappa shape index (κ1) is 26.4. The largest absolute Gasteiger partial charge is 0.0991 e. The SMILES string of the molecule is C=C/C=C\C(=C)C(=C)/C=C\C(=C)c1ccccccc(-c2ccccc2)c2ccc(C3C=CC=CC3)cc12. The summed E-state index contributed by atoms with van der Waals surface area (Å²) in [6, 6.07) is 30.1. The quantitative estimate of drug-likeness (QED) is 0.275. The van der Waals surface area contributed by atoms with Crippen molar-refractivity contribution in [2.24, 2.45) is 0 Å². The Morgan fingerprint density at radius 2 is 1.42 bits per heavy atom. The second-order valence-corrected chi connectivity index (χ2v) is 9.26. The first-order chi connectivity index (χ1) is 18.6. The molecule has 0 saturated carbocycles. The maximum atomic E-state index is 4.48. The molecule has 0 heteroatoms. The van der Waals surface area contributed by atoms with E-state index in [4.69, 9.17) is 0 Å². The van der Waals surface area contributed by atoms with Crippen molar-refractivity contribution in [1.29, 1.82) is 0 Å². The van der Waals surface area contributed by atoms with E-state index < -0.39 is 0 Å². The molecule has 0 aliphatic heterocycles. The summed E-state index contributed by atoms with van der Waals surface area (Å²) in [5.74, 6) is 0.352. The van der Waals surface area contributed by atoms with Gasteiger partial charge in [0.15, 0.2) is 0 Å². The van der Waals surface area contributed by atoms with E-state index in [0.29, 0.717) is 5.92 Å². The third-order valence-electron chi connectivity index (χ3n) is 6.65. The highest BCUT2D eigenvalue weighted by molar-refractivity contribution is 6.02. The Hall–Kier alpha value is -4.68. The molecule has 1 atom stereocenters. The lowest BCUT2D eigenvalue weighted by atomic mass is 9.88. The highest BCUT2D eigenvalue weighted by atomic mass is 14.2. The lowest BCUT2D eigenvalue weighted by Crippen LogP contribution is -1.97. The van der Waals surface area contributed by atoms with Crippen LogP contribution in [0.1, 0.15) is 23.5 Å². The molecule has 4 rings (SSSR count). The van der Waals surface area contributed by atoms with Crippen molar-refractivity contribution in [3.05, 3.63) is 188 Å². The monoisotopic (exact) mass is 490 g/mol. The molecule has 0 nitrogen and oxygen atoms in total. The Kier molecular flexibility index (Phi) is 9.05. The zero-order valence-corrected chi connectivity index (χ0v) is 21.9. The molecule has 3 aromatic rings. The molecule has 0 aromatic heterocycles. The van der Waals surface area contributed by atoms with Gasteiger partial charge in [0, 0.05) is 5.92 Å². The zero-order chi connectivity index (χ0) is 26.7. The zero-order valence-electron chi connectivity index (χ0n) is 21.9. The van der Waals surface area contributed by atoms with Gasteiger partial charge >= 0.3 is 0 Å². The predicted octanol–water partition coefficient (Wildman–Crippen LogP) is 10.7. The van der Waals surface area contributed by atoms with E-state index in [1.807, 2.05) is 24.3 Å². The minimum Gasteiger partial charge on any atom is -0.0991 e. The Balaban J connectivity index is 1.94. The van der Waals surface area contributed by atoms with Crippen LogP contribution in [0.5, 0.6) is 0 Å². The third-order valence-corrected chi connectivity index (χ3v) is 6.65. The van der Waals surface area contributed by atoms with Crippen LogP contribution < -0.4 is 0 Å². The lowest BCUT2D eigenvalue weighted by molar-refractivity contribution is 0.855. The number of rotatable bonds is 8. The minimum atomic E-state index is 0.352. The average molecular weight is 491 g/mol. The summed E-state index contributed by atoms with van der Waals surface area (Å²) < 4.78 is 0. The molecular weight excluding hydrogens is 456 g/mol. The van der Waals surface area contributed by atoms with Crippen LogP contribution in [0.3, 0.4) is 0 Å². The van der Waals surface area contributed by atoms with Crippen molar-refractivity contribution in [3.8, 4) is 11.1 Å². The van der Waals surface area contributed by atoms with Crippen molar-refractivity contribution in [2.75, 3.05) is 0 Å². The molecule has 0 fully saturated rings. The van der Waals surface area contributed by atoms with Crippen LogP contribution in [0.15, 0.2) is 177 Å². The van der Waals surface area contributed by atoms with Gasteiger partial charge in [-0.3, -0.25) is 0 Å². The van der Waals surface area contributed by atoms with Gasteiger partial charge < -0.3 is 0 Å². The smallest absolute Gasteiger partial charge is 0.00559 e. The summed E-state index contributed by atoms with van der Waals surface area (Å²) >= 11 is 0. The van der Waals surface area contributed by atoms with E-state index in [2.05, 4.69) is 136 Å². The second-order valence-electron chi connectivity index (χ2n) is 9.26. The molecule has 1 aliphatic rings. The van der Waals surface area contributed by atoms with Gasteiger partial charge in [-0.1, -0.05) is 160 Å². The predicted molar refractivity (Wildman–Crippen MR) is 168 cm³/mol. The minimum absolute atomic E-state index is 0.352. The number of allylic oxidation sites excluding steroid dienone is 12. The Labute approximate surface area is 227 Å². The van der Waals surface area contributed by atoms with E-state index in [0.717, 1.165) is 34.1 Å². The lowest BCUT2D eigenvalue weighted by Gasteiger charge is -2.16. The van der Waals surface area contributed by atoms with Crippen LogP contribution in [0, 0.1) is 0 Å². The molecule has 0 heterocycles. The number of hydrogen-bond donors (Lipinski definition) is 0. The van der Waals surface area contributed by atoms with Gasteiger partial charge in [-0.15, -0.1) is 0 Å². The van der Waals surface area contributed by atoms with E-state index in [1.54, 1.807) is 6.08 Å². The fourth-order valence-electron chi connectivity index (χ4n) is 4.53. The standard InChI is InChI=1S/C38H34/c1-5-6-17-29(2)30(3)24-25-31(4)35-22-15-7-8-16-23-36(33-20-13-10-14-21-33)37-27-26-34(28-38(35)37)32-18-11-9-12-19-32/h5-18,20-28,32H,1-4,19H2/b8-7?,15-7?,16-8?,17-6-,22-15?,23-16?,25-24-,35-22?,36-23?,37-36?,38-35?. The topological polar surface area (TPSA) is 0 Å². The molecule has 0 radical (unpaired) electrons. The van der Waals surface area contributed by atoms with E-state index in [-0.39, 0.29) is 0 Å². The molecule has 38 heavy (non-hydrogen) atoms. The Morgan fingerprint density at radius 1 is 0.711 bits per heavy atom. The highest BCUT2D eigenvalue weighted by Gasteiger charge is 2.12. The van der Waals surface area contributed by atoms with Crippen molar-refractivity contribution in [3.63, 3.8) is 0 Å². The van der Waals surface area contributed by atoms with Crippen LogP contribution in [0.25, 0.3) is 27.5 Å². The van der Waals surface area contributed by atoms with Crippen molar-refractivity contribution in [2.45, 2.75) is 12.3 Å². The molecule has 186 valence electrons. The summed E-state index contributed by atoms with van der Waals surface area (Å²) in [6.45, 7) is 16.5. The second kappa shape index (κ2) is 13.0. The highest BCUT2D eigenvalue weighted by Crippen LogP contribution is 2.34. The number of hydrogen-bond acceptors (Lipinski definition) is 0. The van der Waals surface area contributed by atoms with Gasteiger partial charge in [-0.05, 0) is 62.2 Å². The van der Waals surface area contributed by atoms with Crippen molar-refractivity contribution < 1.29 is 0 Å². The molecule has 0 N–H and O–H groups in total. The molecular formula is C38H34. The first-order valence-corrected chi connectivity index (χ1v) is 12.9. The van der Waals surface area contributed by atoms with Gasteiger partial charge in [0.2, 0.25) is 0 Å². The summed E-state index contributed by atoms with van der Waals surface area (Å²) in [5, 5.41) is 2.33. The average Bonchev–Trinajstić information content (AvgIpc) is 2.97. The van der Waals surface area contributed by atoms with Gasteiger partial charge in [-0.25, -0.2) is 0 Å². The van der Waals surface area contributed by atoms with Gasteiger partial charge in [0.1, 0.15) is 0 Å². The fourth-order valence-corrected chi connectivity index (χ4v) is 4.53. The van der Waals surface area contributed by atoms with E-state index in [9.17, 15) is 0 Å². The first-order valence-electron chi connectivity index (χ1n) is 12.9. The molecule has 1 unspecified atom stereocenters. The Bertz CT molecular complexity index is 1540. The maximum Gasteiger partial charge on any atom is 0.00559 e. The van der Waals surface area contributed by atoms with Crippen molar-refractivity contribution >= 4 is 16.3 Å². The summed E-state index contributed by atoms with van der Waals surface area (Å²) in [7, 11) is 0. The van der Waals surface area contributed by atoms with Gasteiger partial charge in [0.05, 0.1) is 0 Å². The van der Waals surface area contributed by atoms with Gasteiger partial charge in [0.25, 0.3) is 0 Å². The normalized spacial score (nSPS) is 14.5. The third kappa shape index (κ3) is 6.55. The van der Waals surface area contributed by atoms with Crippen LogP contribution in [0.2, 0.25) is 0 Å². The fraction of sp³-hybridized carbons (Fsp3) is 0.0526. The molecule has 0 saturated heterocycles. The summed E-state index contributed by atoms with van der Waals surface area (Å²) in [4.78, 5) is 0. The molecule has 0 spiro atoms. The molecule has 3 aromatic carbocycles. The van der Waals surface area contributed by atoms with Crippen LogP contribution >= 0.6 is 0 Å². The summed E-state index contributed by atoms with van der Waals surface area (Å²) in [6.07, 6.45) is 19.3. The molecule has 0 amide bonds. The molecule has 0 bridgehead atoms. The Morgan fingerprint density at radius 3 is 2.16 bits per heavy atom. The number of benzene rings is 2. The van der Waals surface area contributed by atoms with Crippen molar-refractivity contribution in [1.82, 2.24) is 0 Å². The van der Waals surface area contributed by atoms with Gasteiger partial charge in [-0.2, -0.15) is 0 Å². The molecule has 1 aliphatic carbocycles. The van der Waals surface area contributed by atoms with E-state index >= 15 is 0 Å². The van der Waals surface area contributed by atoms with E-state index in [1.165, 1.54) is 22.1 Å². The maximum absolute atomic E-state index is 4.48. The summed E-state index contributed by atoms with van der Waals surface area (Å²) in [5.41, 5.74) is 7.30.